The Hall–Kier alpha value is -1.02. The predicted molar refractivity (Wildman–Crippen MR) is 97.1 cm³/mol. The average molecular weight is 336 g/mol. The fourth-order valence-corrected chi connectivity index (χ4v) is 2.77. The van der Waals surface area contributed by atoms with Crippen molar-refractivity contribution >= 4 is 0 Å². The first-order chi connectivity index (χ1) is 11.9. The largest absolute Gasteiger partial charge is 0.395 e. The van der Waals surface area contributed by atoms with Crippen LogP contribution in [0.1, 0.15) is 11.1 Å². The van der Waals surface area contributed by atoms with Gasteiger partial charge in [-0.15, -0.1) is 0 Å². The van der Waals surface area contributed by atoms with Gasteiger partial charge in [0.2, 0.25) is 0 Å². The van der Waals surface area contributed by atoms with Gasteiger partial charge in [-0.25, -0.2) is 0 Å². The van der Waals surface area contributed by atoms with Crippen LogP contribution in [0.25, 0.3) is 0 Å². The Morgan fingerprint density at radius 2 is 1.67 bits per heavy atom. The van der Waals surface area contributed by atoms with Crippen molar-refractivity contribution in [2.75, 3.05) is 65.6 Å². The SMILES string of the molecule is OCCN1CCNCc2cccc(c2)CNCCNCCOCC1. The van der Waals surface area contributed by atoms with Gasteiger partial charge >= 0.3 is 0 Å². The first-order valence-electron chi connectivity index (χ1n) is 8.99. The number of nitrogens with one attached hydrogen (secondary N) is 3. The van der Waals surface area contributed by atoms with Gasteiger partial charge in [-0.05, 0) is 11.1 Å². The molecular formula is C18H32N4O2. The highest BCUT2D eigenvalue weighted by Crippen LogP contribution is 2.05. The molecule has 1 aliphatic heterocycles. The molecule has 0 aliphatic carbocycles. The Kier molecular flexibility index (Phi) is 9.94. The van der Waals surface area contributed by atoms with Gasteiger partial charge < -0.3 is 25.8 Å². The number of hydrogen-bond donors (Lipinski definition) is 4. The van der Waals surface area contributed by atoms with Crippen molar-refractivity contribution in [2.45, 2.75) is 13.1 Å². The van der Waals surface area contributed by atoms with E-state index in [-0.39, 0.29) is 6.61 Å². The summed E-state index contributed by atoms with van der Waals surface area (Å²) < 4.78 is 5.66. The van der Waals surface area contributed by atoms with E-state index in [1.165, 1.54) is 11.1 Å². The minimum Gasteiger partial charge on any atom is -0.395 e. The second-order valence-corrected chi connectivity index (χ2v) is 6.10. The smallest absolute Gasteiger partial charge is 0.0594 e. The van der Waals surface area contributed by atoms with E-state index in [1.807, 2.05) is 0 Å². The number of β-amino-alcohol motifs (C(OH)–C–C–N with tert-alkyl or cyclic N) is 1. The Bertz CT molecular complexity index is 445. The molecule has 0 spiro atoms. The summed E-state index contributed by atoms with van der Waals surface area (Å²) in [6.07, 6.45) is 0. The van der Waals surface area contributed by atoms with Crippen LogP contribution in [-0.2, 0) is 17.8 Å². The number of rotatable bonds is 2. The van der Waals surface area contributed by atoms with Gasteiger partial charge in [0.15, 0.2) is 0 Å². The van der Waals surface area contributed by atoms with E-state index in [2.05, 4.69) is 45.1 Å². The van der Waals surface area contributed by atoms with Crippen molar-refractivity contribution < 1.29 is 9.84 Å². The standard InChI is InChI=1S/C18H32N4O2/c23-11-9-22-8-6-21-16-18-3-1-2-17(14-18)15-20-5-4-19-7-12-24-13-10-22/h1-3,14,19-21,23H,4-13,15-16H2. The highest BCUT2D eigenvalue weighted by atomic mass is 16.5. The van der Waals surface area contributed by atoms with Crippen molar-refractivity contribution in [3.63, 3.8) is 0 Å². The lowest BCUT2D eigenvalue weighted by molar-refractivity contribution is 0.0973. The van der Waals surface area contributed by atoms with Crippen LogP contribution in [0.4, 0.5) is 0 Å². The summed E-state index contributed by atoms with van der Waals surface area (Å²) in [5.74, 6) is 0. The number of benzene rings is 1. The summed E-state index contributed by atoms with van der Waals surface area (Å²) in [4.78, 5) is 2.24. The molecule has 1 aromatic carbocycles. The lowest BCUT2D eigenvalue weighted by Gasteiger charge is -2.21. The topological polar surface area (TPSA) is 68.8 Å². The van der Waals surface area contributed by atoms with Crippen LogP contribution < -0.4 is 16.0 Å². The highest BCUT2D eigenvalue weighted by molar-refractivity contribution is 5.23. The molecule has 2 rings (SSSR count). The third-order valence-electron chi connectivity index (χ3n) is 4.12. The van der Waals surface area contributed by atoms with Gasteiger partial charge in [0.1, 0.15) is 0 Å². The molecule has 1 heterocycles. The summed E-state index contributed by atoms with van der Waals surface area (Å²) in [5, 5.41) is 19.5. The first kappa shape index (κ1) is 19.3. The first-order valence-corrected chi connectivity index (χ1v) is 8.99. The lowest BCUT2D eigenvalue weighted by atomic mass is 10.1. The maximum atomic E-state index is 9.19. The molecule has 24 heavy (non-hydrogen) atoms. The van der Waals surface area contributed by atoms with Crippen LogP contribution in [-0.4, -0.2) is 75.6 Å². The molecule has 136 valence electrons. The summed E-state index contributed by atoms with van der Waals surface area (Å²) in [6.45, 7) is 9.56. The van der Waals surface area contributed by atoms with Crippen molar-refractivity contribution in [3.05, 3.63) is 35.4 Å². The molecule has 0 unspecified atom stereocenters. The predicted octanol–water partition coefficient (Wildman–Crippen LogP) is -0.220. The molecule has 0 aromatic heterocycles. The Balaban J connectivity index is 1.85. The highest BCUT2D eigenvalue weighted by Gasteiger charge is 2.04. The van der Waals surface area contributed by atoms with E-state index in [0.717, 1.165) is 59.0 Å². The van der Waals surface area contributed by atoms with Gasteiger partial charge in [-0.1, -0.05) is 24.3 Å². The van der Waals surface area contributed by atoms with E-state index in [4.69, 9.17) is 4.74 Å². The molecule has 0 saturated carbocycles. The van der Waals surface area contributed by atoms with Crippen molar-refractivity contribution in [1.82, 2.24) is 20.9 Å². The van der Waals surface area contributed by atoms with Crippen LogP contribution in [0, 0.1) is 0 Å². The zero-order valence-corrected chi connectivity index (χ0v) is 14.6. The van der Waals surface area contributed by atoms with Crippen LogP contribution in [0.15, 0.2) is 24.3 Å². The Labute approximate surface area is 145 Å². The molecule has 4 N–H and O–H groups in total. The fourth-order valence-electron chi connectivity index (χ4n) is 2.77. The number of ether oxygens (including phenoxy) is 1. The minimum absolute atomic E-state index is 0.191. The molecule has 0 saturated heterocycles. The van der Waals surface area contributed by atoms with Crippen LogP contribution in [0.2, 0.25) is 0 Å². The van der Waals surface area contributed by atoms with E-state index >= 15 is 0 Å². The molecular weight excluding hydrogens is 304 g/mol. The Morgan fingerprint density at radius 1 is 0.917 bits per heavy atom. The molecule has 1 aliphatic rings. The minimum atomic E-state index is 0.191. The summed E-state index contributed by atoms with van der Waals surface area (Å²) in [6, 6.07) is 8.71. The quantitative estimate of drug-likeness (QED) is 0.599. The van der Waals surface area contributed by atoms with Crippen LogP contribution >= 0.6 is 0 Å². The van der Waals surface area contributed by atoms with E-state index in [1.54, 1.807) is 0 Å². The van der Waals surface area contributed by atoms with Crippen molar-refractivity contribution in [1.29, 1.82) is 0 Å². The van der Waals surface area contributed by atoms with Crippen molar-refractivity contribution in [2.24, 2.45) is 0 Å². The van der Waals surface area contributed by atoms with E-state index in [9.17, 15) is 5.11 Å². The lowest BCUT2D eigenvalue weighted by Crippen LogP contribution is -2.36. The molecule has 0 atom stereocenters. The number of hydrogen-bond acceptors (Lipinski definition) is 6. The second kappa shape index (κ2) is 12.4. The van der Waals surface area contributed by atoms with E-state index in [0.29, 0.717) is 13.2 Å². The summed E-state index contributed by atoms with van der Waals surface area (Å²) in [7, 11) is 0. The number of aliphatic hydroxyl groups excluding tert-OH is 1. The molecule has 0 fully saturated rings. The van der Waals surface area contributed by atoms with Crippen LogP contribution in [0.3, 0.4) is 0 Å². The third-order valence-corrected chi connectivity index (χ3v) is 4.12. The number of nitrogens with zero attached hydrogens (tertiary/aromatic N) is 1. The molecule has 6 nitrogen and oxygen atoms in total. The molecule has 2 bridgehead atoms. The molecule has 0 radical (unpaired) electrons. The van der Waals surface area contributed by atoms with E-state index < -0.39 is 0 Å². The maximum absolute atomic E-state index is 9.19. The number of fused-ring (bicyclic) bond motifs is 2. The monoisotopic (exact) mass is 336 g/mol. The summed E-state index contributed by atoms with van der Waals surface area (Å²) >= 11 is 0. The zero-order valence-electron chi connectivity index (χ0n) is 14.6. The van der Waals surface area contributed by atoms with Gasteiger partial charge in [0, 0.05) is 58.9 Å². The number of aliphatic hydroxyl groups is 1. The van der Waals surface area contributed by atoms with Gasteiger partial charge in [0.25, 0.3) is 0 Å². The third kappa shape index (κ3) is 8.19. The van der Waals surface area contributed by atoms with Gasteiger partial charge in [0.05, 0.1) is 19.8 Å². The molecule has 0 amide bonds. The van der Waals surface area contributed by atoms with Crippen LogP contribution in [0.5, 0.6) is 0 Å². The maximum Gasteiger partial charge on any atom is 0.0594 e. The second-order valence-electron chi connectivity index (χ2n) is 6.10. The Morgan fingerprint density at radius 3 is 2.46 bits per heavy atom. The molecule has 6 heteroatoms. The van der Waals surface area contributed by atoms with Crippen molar-refractivity contribution in [3.8, 4) is 0 Å². The molecule has 1 aromatic rings. The average Bonchev–Trinajstić information content (AvgIpc) is 2.60. The van der Waals surface area contributed by atoms with Gasteiger partial charge in [-0.2, -0.15) is 0 Å². The zero-order chi connectivity index (χ0) is 16.9. The van der Waals surface area contributed by atoms with Gasteiger partial charge in [-0.3, -0.25) is 4.90 Å². The fraction of sp³-hybridized carbons (Fsp3) is 0.667. The summed E-state index contributed by atoms with van der Waals surface area (Å²) in [5.41, 5.74) is 2.63. The normalized spacial score (nSPS) is 20.2.